The highest BCUT2D eigenvalue weighted by atomic mass is 16.6. The Labute approximate surface area is 111 Å². The molecule has 108 valence electrons. The minimum absolute atomic E-state index is 0.0533. The van der Waals surface area contributed by atoms with Crippen LogP contribution in [0.4, 0.5) is 4.79 Å². The zero-order chi connectivity index (χ0) is 13.8. The summed E-state index contributed by atoms with van der Waals surface area (Å²) in [6.45, 7) is 4.76. The molecule has 0 bridgehead atoms. The van der Waals surface area contributed by atoms with Crippen LogP contribution in [0.3, 0.4) is 0 Å². The van der Waals surface area contributed by atoms with Crippen molar-refractivity contribution in [1.82, 2.24) is 10.2 Å². The lowest BCUT2D eigenvalue weighted by Crippen LogP contribution is -2.57. The van der Waals surface area contributed by atoms with E-state index in [9.17, 15) is 9.59 Å². The third-order valence-corrected chi connectivity index (χ3v) is 3.66. The number of ether oxygens (including phenoxy) is 2. The number of nitrogens with zero attached hydrogens (tertiary/aromatic N) is 1. The van der Waals surface area contributed by atoms with Crippen molar-refractivity contribution in [3.8, 4) is 0 Å². The molecular formula is C12H20N2O5. The van der Waals surface area contributed by atoms with Gasteiger partial charge in [-0.05, 0) is 0 Å². The van der Waals surface area contributed by atoms with Crippen LogP contribution in [-0.4, -0.2) is 67.6 Å². The lowest BCUT2D eigenvalue weighted by molar-refractivity contribution is -0.144. The Bertz CT molecular complexity index is 337. The van der Waals surface area contributed by atoms with Crippen molar-refractivity contribution >= 4 is 12.0 Å². The number of rotatable bonds is 4. The van der Waals surface area contributed by atoms with Crippen molar-refractivity contribution < 1.29 is 24.2 Å². The number of carboxylic acids is 1. The molecule has 2 N–H and O–H groups in total. The molecule has 2 saturated heterocycles. The summed E-state index contributed by atoms with van der Waals surface area (Å²) in [5, 5.41) is 11.6. The second-order valence-corrected chi connectivity index (χ2v) is 5.05. The topological polar surface area (TPSA) is 88.1 Å². The number of carboxylic acid groups (broad SMARTS) is 1. The second-order valence-electron chi connectivity index (χ2n) is 5.05. The van der Waals surface area contributed by atoms with Gasteiger partial charge in [0.05, 0.1) is 31.8 Å². The van der Waals surface area contributed by atoms with Crippen molar-refractivity contribution in [3.05, 3.63) is 0 Å². The molecule has 0 saturated carbocycles. The molecule has 19 heavy (non-hydrogen) atoms. The Hall–Kier alpha value is -1.34. The van der Waals surface area contributed by atoms with Crippen molar-refractivity contribution in [1.29, 1.82) is 0 Å². The minimum atomic E-state index is -0.808. The largest absolute Gasteiger partial charge is 0.481 e. The first kappa shape index (κ1) is 14.1. The molecule has 0 aromatic heterocycles. The number of likely N-dealkylation sites (tertiary alicyclic amines) is 1. The molecule has 2 fully saturated rings. The standard InChI is InChI=1S/C12H20N2O5/c1-8(11(15)16)9-5-14(6-9)12(17)13-4-10-7-18-2-3-19-10/h8-10H,2-7H2,1H3,(H,13,17)(H,15,16). The SMILES string of the molecule is CC(C(=O)O)C1CN(C(=O)NCC2COCCO2)C1. The minimum Gasteiger partial charge on any atom is -0.481 e. The van der Waals surface area contributed by atoms with E-state index in [0.717, 1.165) is 0 Å². The van der Waals surface area contributed by atoms with E-state index in [-0.39, 0.29) is 18.1 Å². The maximum absolute atomic E-state index is 11.8. The number of urea groups is 1. The van der Waals surface area contributed by atoms with Gasteiger partial charge in [0.2, 0.25) is 0 Å². The normalized spacial score (nSPS) is 25.5. The number of aliphatic carboxylic acids is 1. The molecule has 0 aromatic carbocycles. The van der Waals surface area contributed by atoms with Gasteiger partial charge in [-0.15, -0.1) is 0 Å². The van der Waals surface area contributed by atoms with Crippen molar-refractivity contribution in [3.63, 3.8) is 0 Å². The fourth-order valence-corrected chi connectivity index (χ4v) is 2.16. The Balaban J connectivity index is 1.64. The van der Waals surface area contributed by atoms with Crippen LogP contribution in [0.25, 0.3) is 0 Å². The van der Waals surface area contributed by atoms with E-state index >= 15 is 0 Å². The first-order chi connectivity index (χ1) is 9.08. The van der Waals surface area contributed by atoms with Gasteiger partial charge < -0.3 is 24.8 Å². The van der Waals surface area contributed by atoms with E-state index in [2.05, 4.69) is 5.32 Å². The highest BCUT2D eigenvalue weighted by Crippen LogP contribution is 2.23. The molecule has 7 heteroatoms. The molecule has 2 heterocycles. The fourth-order valence-electron chi connectivity index (χ4n) is 2.16. The fraction of sp³-hybridized carbons (Fsp3) is 0.833. The summed E-state index contributed by atoms with van der Waals surface area (Å²) in [6.07, 6.45) is -0.0901. The van der Waals surface area contributed by atoms with Crippen LogP contribution in [0.2, 0.25) is 0 Å². The first-order valence-electron chi connectivity index (χ1n) is 6.53. The number of amides is 2. The third kappa shape index (κ3) is 3.57. The second kappa shape index (κ2) is 6.21. The van der Waals surface area contributed by atoms with Crippen LogP contribution in [-0.2, 0) is 14.3 Å². The molecule has 2 aliphatic heterocycles. The maximum atomic E-state index is 11.8. The molecule has 2 unspecified atom stereocenters. The van der Waals surface area contributed by atoms with Crippen LogP contribution in [0.15, 0.2) is 0 Å². The van der Waals surface area contributed by atoms with E-state index in [0.29, 0.717) is 39.5 Å². The molecule has 7 nitrogen and oxygen atoms in total. The van der Waals surface area contributed by atoms with Crippen LogP contribution in [0.5, 0.6) is 0 Å². The summed E-state index contributed by atoms with van der Waals surface area (Å²) in [5.41, 5.74) is 0. The molecule has 2 rings (SSSR count). The summed E-state index contributed by atoms with van der Waals surface area (Å²) in [4.78, 5) is 24.2. The Morgan fingerprint density at radius 3 is 2.74 bits per heavy atom. The van der Waals surface area contributed by atoms with Gasteiger partial charge in [-0.3, -0.25) is 4.79 Å². The number of hydrogen-bond acceptors (Lipinski definition) is 4. The van der Waals surface area contributed by atoms with Gasteiger partial charge in [0.25, 0.3) is 0 Å². The quantitative estimate of drug-likeness (QED) is 0.737. The molecule has 2 aliphatic rings. The number of nitrogens with one attached hydrogen (secondary N) is 1. The number of carbonyl (C=O) groups is 2. The Kier molecular flexibility index (Phi) is 4.60. The van der Waals surface area contributed by atoms with E-state index in [4.69, 9.17) is 14.6 Å². The molecule has 0 radical (unpaired) electrons. The van der Waals surface area contributed by atoms with Gasteiger partial charge in [0, 0.05) is 25.6 Å². The molecule has 0 spiro atoms. The molecule has 0 aromatic rings. The molecular weight excluding hydrogens is 252 g/mol. The third-order valence-electron chi connectivity index (χ3n) is 3.66. The Morgan fingerprint density at radius 1 is 1.42 bits per heavy atom. The smallest absolute Gasteiger partial charge is 0.317 e. The van der Waals surface area contributed by atoms with Gasteiger partial charge >= 0.3 is 12.0 Å². The summed E-state index contributed by atoms with van der Waals surface area (Å²) in [6, 6.07) is -0.164. The lowest BCUT2D eigenvalue weighted by atomic mass is 9.87. The summed E-state index contributed by atoms with van der Waals surface area (Å²) < 4.78 is 10.6. The van der Waals surface area contributed by atoms with E-state index in [1.165, 1.54) is 0 Å². The summed E-state index contributed by atoms with van der Waals surface area (Å²) in [7, 11) is 0. The number of carbonyl (C=O) groups excluding carboxylic acids is 1. The highest BCUT2D eigenvalue weighted by molar-refractivity contribution is 5.76. The zero-order valence-electron chi connectivity index (χ0n) is 11.0. The van der Waals surface area contributed by atoms with E-state index < -0.39 is 11.9 Å². The average molecular weight is 272 g/mol. The molecule has 2 atom stereocenters. The van der Waals surface area contributed by atoms with Gasteiger partial charge in [-0.2, -0.15) is 0 Å². The average Bonchev–Trinajstić information content (AvgIpc) is 2.35. The molecule has 0 aliphatic carbocycles. The summed E-state index contributed by atoms with van der Waals surface area (Å²) in [5.74, 6) is -1.16. The molecule has 2 amide bonds. The first-order valence-corrected chi connectivity index (χ1v) is 6.53. The van der Waals surface area contributed by atoms with Gasteiger partial charge in [0.15, 0.2) is 0 Å². The highest BCUT2D eigenvalue weighted by Gasteiger charge is 2.37. The van der Waals surface area contributed by atoms with Crippen LogP contribution >= 0.6 is 0 Å². The van der Waals surface area contributed by atoms with Gasteiger partial charge in [-0.25, -0.2) is 4.79 Å². The predicted molar refractivity (Wildman–Crippen MR) is 65.8 cm³/mol. The van der Waals surface area contributed by atoms with Crippen LogP contribution < -0.4 is 5.32 Å². The lowest BCUT2D eigenvalue weighted by Gasteiger charge is -2.41. The summed E-state index contributed by atoms with van der Waals surface area (Å²) >= 11 is 0. The van der Waals surface area contributed by atoms with Crippen molar-refractivity contribution in [2.45, 2.75) is 13.0 Å². The van der Waals surface area contributed by atoms with Crippen LogP contribution in [0.1, 0.15) is 6.92 Å². The Morgan fingerprint density at radius 2 is 2.16 bits per heavy atom. The van der Waals surface area contributed by atoms with Crippen molar-refractivity contribution in [2.75, 3.05) is 39.5 Å². The van der Waals surface area contributed by atoms with E-state index in [1.807, 2.05) is 0 Å². The van der Waals surface area contributed by atoms with Crippen LogP contribution in [0, 0.1) is 11.8 Å². The zero-order valence-corrected chi connectivity index (χ0v) is 11.0. The van der Waals surface area contributed by atoms with Gasteiger partial charge in [0.1, 0.15) is 0 Å². The van der Waals surface area contributed by atoms with E-state index in [1.54, 1.807) is 11.8 Å². The van der Waals surface area contributed by atoms with Gasteiger partial charge in [-0.1, -0.05) is 6.92 Å². The maximum Gasteiger partial charge on any atom is 0.317 e. The monoisotopic (exact) mass is 272 g/mol. The number of hydrogen-bond donors (Lipinski definition) is 2. The van der Waals surface area contributed by atoms with Crippen molar-refractivity contribution in [2.24, 2.45) is 11.8 Å². The predicted octanol–water partition coefficient (Wildman–Crippen LogP) is -0.236.